The molecule has 1 aromatic carbocycles. The predicted molar refractivity (Wildman–Crippen MR) is 90.3 cm³/mol. The highest BCUT2D eigenvalue weighted by atomic mass is 16.4. The second-order valence-corrected chi connectivity index (χ2v) is 6.65. The van der Waals surface area contributed by atoms with E-state index < -0.39 is 5.97 Å². The minimum atomic E-state index is -0.703. The predicted octanol–water partition coefficient (Wildman–Crippen LogP) is 3.47. The van der Waals surface area contributed by atoms with Crippen molar-refractivity contribution in [3.05, 3.63) is 35.4 Å². The fourth-order valence-corrected chi connectivity index (χ4v) is 3.15. The minimum Gasteiger partial charge on any atom is -0.481 e. The van der Waals surface area contributed by atoms with Gasteiger partial charge in [-0.3, -0.25) is 9.59 Å². The molecule has 1 fully saturated rings. The van der Waals surface area contributed by atoms with E-state index in [2.05, 4.69) is 36.5 Å². The van der Waals surface area contributed by atoms with Crippen LogP contribution in [0, 0.1) is 12.8 Å². The van der Waals surface area contributed by atoms with Gasteiger partial charge in [0.25, 0.3) is 0 Å². The number of amides is 1. The van der Waals surface area contributed by atoms with Crippen molar-refractivity contribution < 1.29 is 14.7 Å². The summed E-state index contributed by atoms with van der Waals surface area (Å²) in [4.78, 5) is 22.9. The molecule has 2 rings (SSSR count). The number of rotatable bonds is 7. The maximum absolute atomic E-state index is 12.0. The van der Waals surface area contributed by atoms with Crippen LogP contribution < -0.4 is 5.32 Å². The first kappa shape index (κ1) is 17.5. The highest BCUT2D eigenvalue weighted by molar-refractivity contribution is 5.76. The monoisotopic (exact) mass is 317 g/mol. The fraction of sp³-hybridized carbons (Fsp3) is 0.579. The molecule has 1 aliphatic rings. The van der Waals surface area contributed by atoms with Gasteiger partial charge in [0.2, 0.25) is 5.91 Å². The van der Waals surface area contributed by atoms with Gasteiger partial charge in [-0.25, -0.2) is 0 Å². The first-order valence-electron chi connectivity index (χ1n) is 8.62. The maximum atomic E-state index is 12.0. The second kappa shape index (κ2) is 8.70. The number of aliphatic carboxylic acids is 1. The van der Waals surface area contributed by atoms with Crippen LogP contribution in [-0.4, -0.2) is 23.0 Å². The summed E-state index contributed by atoms with van der Waals surface area (Å²) in [5.74, 6) is -0.823. The minimum absolute atomic E-state index is 0.104. The Morgan fingerprint density at radius 2 is 1.74 bits per heavy atom. The molecule has 0 bridgehead atoms. The lowest BCUT2D eigenvalue weighted by Crippen LogP contribution is -2.38. The zero-order valence-electron chi connectivity index (χ0n) is 13.9. The van der Waals surface area contributed by atoms with Gasteiger partial charge in [0, 0.05) is 12.5 Å². The molecular weight excluding hydrogens is 290 g/mol. The van der Waals surface area contributed by atoms with Crippen LogP contribution in [0.15, 0.2) is 24.3 Å². The van der Waals surface area contributed by atoms with Crippen molar-refractivity contribution in [2.45, 2.75) is 64.3 Å². The Morgan fingerprint density at radius 1 is 1.09 bits per heavy atom. The van der Waals surface area contributed by atoms with E-state index >= 15 is 0 Å². The molecule has 1 saturated carbocycles. The largest absolute Gasteiger partial charge is 0.481 e. The first-order chi connectivity index (χ1) is 11.0. The van der Waals surface area contributed by atoms with Gasteiger partial charge in [-0.05, 0) is 57.4 Å². The summed E-state index contributed by atoms with van der Waals surface area (Å²) in [6.07, 6.45) is 6.40. The van der Waals surface area contributed by atoms with Crippen molar-refractivity contribution >= 4 is 11.9 Å². The number of hydrogen-bond acceptors (Lipinski definition) is 2. The van der Waals surface area contributed by atoms with Gasteiger partial charge in [0.15, 0.2) is 0 Å². The Hall–Kier alpha value is -1.84. The van der Waals surface area contributed by atoms with Crippen LogP contribution in [0.5, 0.6) is 0 Å². The molecule has 0 atom stereocenters. The smallest absolute Gasteiger partial charge is 0.306 e. The molecule has 1 aliphatic carbocycles. The molecule has 0 unspecified atom stereocenters. The van der Waals surface area contributed by atoms with E-state index in [9.17, 15) is 9.59 Å². The average Bonchev–Trinajstić information content (AvgIpc) is 2.54. The molecule has 1 amide bonds. The van der Waals surface area contributed by atoms with Crippen LogP contribution >= 0.6 is 0 Å². The van der Waals surface area contributed by atoms with Gasteiger partial charge in [0.1, 0.15) is 0 Å². The third kappa shape index (κ3) is 6.05. The normalized spacial score (nSPS) is 20.9. The summed E-state index contributed by atoms with van der Waals surface area (Å²) in [7, 11) is 0. The van der Waals surface area contributed by atoms with Crippen LogP contribution in [0.3, 0.4) is 0 Å². The maximum Gasteiger partial charge on any atom is 0.306 e. The lowest BCUT2D eigenvalue weighted by atomic mass is 9.86. The first-order valence-corrected chi connectivity index (χ1v) is 8.62. The van der Waals surface area contributed by atoms with Crippen molar-refractivity contribution in [3.63, 3.8) is 0 Å². The molecule has 23 heavy (non-hydrogen) atoms. The summed E-state index contributed by atoms with van der Waals surface area (Å²) in [5.41, 5.74) is 2.59. The van der Waals surface area contributed by atoms with E-state index in [0.717, 1.165) is 32.1 Å². The zero-order chi connectivity index (χ0) is 16.7. The molecule has 126 valence electrons. The summed E-state index contributed by atoms with van der Waals surface area (Å²) in [6.45, 7) is 2.08. The summed E-state index contributed by atoms with van der Waals surface area (Å²) >= 11 is 0. The lowest BCUT2D eigenvalue weighted by molar-refractivity contribution is -0.142. The number of carboxylic acids is 1. The Bertz CT molecular complexity index is 516. The highest BCUT2D eigenvalue weighted by Crippen LogP contribution is 2.24. The molecule has 2 N–H and O–H groups in total. The summed E-state index contributed by atoms with van der Waals surface area (Å²) in [6, 6.07) is 8.70. The molecule has 4 heteroatoms. The number of carboxylic acid groups (broad SMARTS) is 1. The van der Waals surface area contributed by atoms with Crippen LogP contribution in [0.2, 0.25) is 0 Å². The average molecular weight is 317 g/mol. The molecule has 0 aromatic heterocycles. The Kier molecular flexibility index (Phi) is 6.63. The number of hydrogen-bond donors (Lipinski definition) is 2. The van der Waals surface area contributed by atoms with Crippen molar-refractivity contribution in [3.8, 4) is 0 Å². The van der Waals surface area contributed by atoms with E-state index in [4.69, 9.17) is 5.11 Å². The Balaban J connectivity index is 1.58. The number of benzene rings is 1. The molecule has 1 aromatic rings. The van der Waals surface area contributed by atoms with Crippen molar-refractivity contribution in [1.82, 2.24) is 5.32 Å². The number of nitrogens with one attached hydrogen (secondary N) is 1. The Morgan fingerprint density at radius 3 is 2.35 bits per heavy atom. The van der Waals surface area contributed by atoms with Gasteiger partial charge < -0.3 is 10.4 Å². The zero-order valence-corrected chi connectivity index (χ0v) is 13.9. The van der Waals surface area contributed by atoms with Crippen LogP contribution in [0.4, 0.5) is 0 Å². The van der Waals surface area contributed by atoms with Crippen molar-refractivity contribution in [2.24, 2.45) is 5.92 Å². The van der Waals surface area contributed by atoms with E-state index in [1.165, 1.54) is 11.1 Å². The van der Waals surface area contributed by atoms with Gasteiger partial charge in [0.05, 0.1) is 5.92 Å². The summed E-state index contributed by atoms with van der Waals surface area (Å²) in [5, 5.41) is 12.0. The third-order valence-electron chi connectivity index (χ3n) is 4.68. The third-order valence-corrected chi connectivity index (χ3v) is 4.68. The van der Waals surface area contributed by atoms with Crippen molar-refractivity contribution in [1.29, 1.82) is 0 Å². The van der Waals surface area contributed by atoms with Crippen LogP contribution in [0.25, 0.3) is 0 Å². The molecule has 0 aliphatic heterocycles. The molecule has 0 spiro atoms. The highest BCUT2D eigenvalue weighted by Gasteiger charge is 2.26. The molecule has 0 saturated heterocycles. The van der Waals surface area contributed by atoms with Gasteiger partial charge in [-0.15, -0.1) is 0 Å². The quantitative estimate of drug-likeness (QED) is 0.757. The van der Waals surface area contributed by atoms with Gasteiger partial charge >= 0.3 is 5.97 Å². The SMILES string of the molecule is Cc1ccc(CCCCC(=O)NC2CCC(C(=O)O)CC2)cc1. The van der Waals surface area contributed by atoms with E-state index in [1.54, 1.807) is 0 Å². The molecular formula is C19H27NO3. The van der Waals surface area contributed by atoms with Crippen LogP contribution in [-0.2, 0) is 16.0 Å². The van der Waals surface area contributed by atoms with Crippen LogP contribution in [0.1, 0.15) is 56.1 Å². The number of carbonyl (C=O) groups is 2. The molecule has 0 heterocycles. The Labute approximate surface area is 138 Å². The second-order valence-electron chi connectivity index (χ2n) is 6.65. The van der Waals surface area contributed by atoms with Crippen molar-refractivity contribution in [2.75, 3.05) is 0 Å². The summed E-state index contributed by atoms with van der Waals surface area (Å²) < 4.78 is 0. The number of carbonyl (C=O) groups excluding carboxylic acids is 1. The number of aryl methyl sites for hydroxylation is 2. The van der Waals surface area contributed by atoms with E-state index in [-0.39, 0.29) is 17.9 Å². The van der Waals surface area contributed by atoms with E-state index in [0.29, 0.717) is 19.3 Å². The standard InChI is InChI=1S/C19H27NO3/c1-14-6-8-15(9-7-14)4-2-3-5-18(21)20-17-12-10-16(11-13-17)19(22)23/h6-9,16-17H,2-5,10-13H2,1H3,(H,20,21)(H,22,23). The molecule has 0 radical (unpaired) electrons. The van der Waals surface area contributed by atoms with E-state index in [1.807, 2.05) is 0 Å². The number of unbranched alkanes of at least 4 members (excludes halogenated alkanes) is 1. The molecule has 4 nitrogen and oxygen atoms in total. The fourth-order valence-electron chi connectivity index (χ4n) is 3.15. The lowest BCUT2D eigenvalue weighted by Gasteiger charge is -2.26. The van der Waals surface area contributed by atoms with Gasteiger partial charge in [-0.1, -0.05) is 29.8 Å². The van der Waals surface area contributed by atoms with Gasteiger partial charge in [-0.2, -0.15) is 0 Å². The topological polar surface area (TPSA) is 66.4 Å².